The van der Waals surface area contributed by atoms with Crippen LogP contribution in [0.1, 0.15) is 99.8 Å². The Morgan fingerprint density at radius 2 is 1.65 bits per heavy atom. The van der Waals surface area contributed by atoms with Crippen LogP contribution in [0.3, 0.4) is 0 Å². The largest absolute Gasteiger partial charge is 0.346 e. The molecule has 11 heteroatoms. The third kappa shape index (κ3) is 4.38. The van der Waals surface area contributed by atoms with Crippen molar-refractivity contribution >= 4 is 17.5 Å². The summed E-state index contributed by atoms with van der Waals surface area (Å²) in [6.45, 7) is 14.1. The van der Waals surface area contributed by atoms with Crippen molar-refractivity contribution in [3.63, 3.8) is 0 Å². The molecule has 2 bridgehead atoms. The van der Waals surface area contributed by atoms with E-state index in [1.807, 2.05) is 11.8 Å². The number of fused-ring (bicyclic) bond motifs is 3. The zero-order valence-corrected chi connectivity index (χ0v) is 28.6. The molecule has 2 saturated carbocycles. The third-order valence-corrected chi connectivity index (χ3v) is 13.0. The molecule has 0 aromatic rings. The molecule has 0 N–H and O–H groups in total. The number of carbonyl (C=O) groups excluding carboxylic acids is 3. The number of methoxy groups -OCH3 is 1. The lowest BCUT2D eigenvalue weighted by Crippen LogP contribution is -2.70. The van der Waals surface area contributed by atoms with E-state index in [1.54, 1.807) is 33.8 Å². The minimum absolute atomic E-state index is 0.0631. The molecule has 0 aromatic carbocycles. The molecule has 7 fully saturated rings. The number of piperidine rings is 1. The van der Waals surface area contributed by atoms with E-state index in [0.717, 1.165) is 25.7 Å². The van der Waals surface area contributed by atoms with Crippen molar-refractivity contribution in [1.29, 1.82) is 0 Å². The fourth-order valence-electron chi connectivity index (χ4n) is 10.1. The van der Waals surface area contributed by atoms with Gasteiger partial charge in [0.15, 0.2) is 23.5 Å². The van der Waals surface area contributed by atoms with Crippen LogP contribution in [0.15, 0.2) is 11.6 Å². The van der Waals surface area contributed by atoms with Crippen molar-refractivity contribution in [3.05, 3.63) is 11.6 Å². The molecule has 8 rings (SSSR count). The summed E-state index contributed by atoms with van der Waals surface area (Å²) in [5, 5.41) is 0. The zero-order chi connectivity index (χ0) is 33.1. The van der Waals surface area contributed by atoms with Crippen LogP contribution in [-0.4, -0.2) is 77.7 Å². The fourth-order valence-corrected chi connectivity index (χ4v) is 10.1. The Morgan fingerprint density at radius 1 is 0.935 bits per heavy atom. The molecule has 2 spiro atoms. The number of hydrogen-bond donors (Lipinski definition) is 0. The number of rotatable bonds is 4. The van der Waals surface area contributed by atoms with E-state index in [2.05, 4.69) is 13.8 Å². The lowest BCUT2D eigenvalue weighted by molar-refractivity contribution is -0.571. The van der Waals surface area contributed by atoms with Gasteiger partial charge in [-0.05, 0) is 84.1 Å². The normalized spacial score (nSPS) is 45.5. The SMILES string of the molecule is COC12OOC3(C=C1C(=O)C(C)(C)C(=O)C2(C)C)CCN(C(=O)CC[C@H]1O[C@@H]2O[C@@]4(C)CC[C@H]5[C@H](C)CC[C@@H]([C@H]1C)[C@@]25OO4)CC3. The van der Waals surface area contributed by atoms with Gasteiger partial charge < -0.3 is 19.1 Å². The molecule has 2 aliphatic carbocycles. The van der Waals surface area contributed by atoms with E-state index in [1.165, 1.54) is 7.11 Å². The summed E-state index contributed by atoms with van der Waals surface area (Å²) in [6.07, 6.45) is 6.94. The number of amides is 1. The molecule has 11 nitrogen and oxygen atoms in total. The smallest absolute Gasteiger partial charge is 0.242 e. The van der Waals surface area contributed by atoms with Gasteiger partial charge in [0.05, 0.1) is 22.5 Å². The standard InChI is InChI=1S/C35H51NO10/c1-20-9-10-23-21(2)25(41-29-34(23)22(20)13-14-32(7,42-29)43-45-34)11-12-26(37)36-17-15-33(16-18-36)19-24-27(38)30(3,4)28(39)31(5,6)35(24,40-8)46-44-33/h19-23,25,29H,9-18H2,1-8H3/t20-,21-,22+,23+,25-,29-,32-,34-,35?/m1/s1. The van der Waals surface area contributed by atoms with E-state index in [9.17, 15) is 14.4 Å². The first-order valence-corrected chi connectivity index (χ1v) is 17.3. The summed E-state index contributed by atoms with van der Waals surface area (Å²) >= 11 is 0. The second-order valence-corrected chi connectivity index (χ2v) is 16.4. The van der Waals surface area contributed by atoms with Crippen LogP contribution in [0.2, 0.25) is 0 Å². The maximum atomic E-state index is 13.6. The maximum absolute atomic E-state index is 13.6. The lowest BCUT2D eigenvalue weighted by atomic mass is 9.57. The molecule has 1 unspecified atom stereocenters. The van der Waals surface area contributed by atoms with Crippen LogP contribution in [0.4, 0.5) is 0 Å². The fraction of sp³-hybridized carbons (Fsp3) is 0.857. The predicted octanol–water partition coefficient (Wildman–Crippen LogP) is 4.81. The molecule has 1 amide bonds. The monoisotopic (exact) mass is 645 g/mol. The second-order valence-electron chi connectivity index (χ2n) is 16.4. The highest BCUT2D eigenvalue weighted by Crippen LogP contribution is 2.61. The molecule has 9 atom stereocenters. The van der Waals surface area contributed by atoms with Crippen LogP contribution in [-0.2, 0) is 48.1 Å². The molecule has 0 radical (unpaired) electrons. The van der Waals surface area contributed by atoms with Crippen molar-refractivity contribution in [2.24, 2.45) is 34.5 Å². The van der Waals surface area contributed by atoms with E-state index in [-0.39, 0.29) is 35.4 Å². The first-order valence-electron chi connectivity index (χ1n) is 17.3. The van der Waals surface area contributed by atoms with E-state index in [0.29, 0.717) is 56.2 Å². The van der Waals surface area contributed by atoms with Gasteiger partial charge in [0.1, 0.15) is 5.60 Å². The van der Waals surface area contributed by atoms with Crippen molar-refractivity contribution in [2.45, 2.75) is 135 Å². The molecular formula is C35H51NO10. The average molecular weight is 646 g/mol. The number of carbonyl (C=O) groups is 3. The Bertz CT molecular complexity index is 1330. The molecule has 5 saturated heterocycles. The molecule has 6 heterocycles. The number of Topliss-reactive ketones (excluding diaryl/α,β-unsaturated/α-hetero) is 2. The minimum atomic E-state index is -1.63. The Balaban J connectivity index is 1.02. The Kier molecular flexibility index (Phi) is 7.58. The number of likely N-dealkylation sites (tertiary alicyclic amines) is 1. The van der Waals surface area contributed by atoms with Crippen molar-refractivity contribution in [1.82, 2.24) is 4.90 Å². The van der Waals surface area contributed by atoms with E-state index in [4.69, 9.17) is 33.8 Å². The van der Waals surface area contributed by atoms with E-state index < -0.39 is 39.9 Å². The van der Waals surface area contributed by atoms with Crippen LogP contribution in [0.5, 0.6) is 0 Å². The van der Waals surface area contributed by atoms with Gasteiger partial charge in [-0.15, -0.1) is 0 Å². The number of hydrogen-bond acceptors (Lipinski definition) is 10. The molecule has 8 aliphatic rings. The Labute approximate surface area is 271 Å². The summed E-state index contributed by atoms with van der Waals surface area (Å²) in [4.78, 5) is 66.6. The van der Waals surface area contributed by atoms with Crippen LogP contribution in [0.25, 0.3) is 0 Å². The maximum Gasteiger partial charge on any atom is 0.242 e. The van der Waals surface area contributed by atoms with Gasteiger partial charge in [-0.2, -0.15) is 4.89 Å². The van der Waals surface area contributed by atoms with Crippen LogP contribution < -0.4 is 0 Å². The number of ether oxygens (including phenoxy) is 3. The van der Waals surface area contributed by atoms with Gasteiger partial charge in [-0.3, -0.25) is 14.4 Å². The van der Waals surface area contributed by atoms with Gasteiger partial charge in [-0.1, -0.05) is 13.8 Å². The minimum Gasteiger partial charge on any atom is -0.346 e. The van der Waals surface area contributed by atoms with Gasteiger partial charge >= 0.3 is 0 Å². The van der Waals surface area contributed by atoms with Crippen molar-refractivity contribution in [3.8, 4) is 0 Å². The second kappa shape index (κ2) is 10.6. The highest BCUT2D eigenvalue weighted by Gasteiger charge is 2.70. The van der Waals surface area contributed by atoms with Crippen LogP contribution >= 0.6 is 0 Å². The summed E-state index contributed by atoms with van der Waals surface area (Å²) < 4.78 is 18.9. The summed E-state index contributed by atoms with van der Waals surface area (Å²) in [5.41, 5.74) is -3.56. The summed E-state index contributed by atoms with van der Waals surface area (Å²) in [6, 6.07) is 0. The average Bonchev–Trinajstić information content (AvgIpc) is 3.26. The Hall–Kier alpha value is -1.73. The van der Waals surface area contributed by atoms with Gasteiger partial charge in [0.2, 0.25) is 17.5 Å². The van der Waals surface area contributed by atoms with Gasteiger partial charge in [0, 0.05) is 51.8 Å². The molecule has 0 aromatic heterocycles. The van der Waals surface area contributed by atoms with E-state index >= 15 is 0 Å². The van der Waals surface area contributed by atoms with Crippen LogP contribution in [0, 0.1) is 34.5 Å². The summed E-state index contributed by atoms with van der Waals surface area (Å²) in [5.74, 6) is -1.75. The van der Waals surface area contributed by atoms with Gasteiger partial charge in [-0.25, -0.2) is 14.7 Å². The zero-order valence-electron chi connectivity index (χ0n) is 28.6. The van der Waals surface area contributed by atoms with Crippen molar-refractivity contribution < 1.29 is 48.1 Å². The highest BCUT2D eigenvalue weighted by molar-refractivity contribution is 6.19. The summed E-state index contributed by atoms with van der Waals surface area (Å²) in [7, 11) is 1.43. The number of ketones is 2. The van der Waals surface area contributed by atoms with Gasteiger partial charge in [0.25, 0.3) is 0 Å². The number of nitrogens with zero attached hydrogens (tertiary/aromatic N) is 1. The predicted molar refractivity (Wildman–Crippen MR) is 162 cm³/mol. The first kappa shape index (κ1) is 32.8. The topological polar surface area (TPSA) is 119 Å². The Morgan fingerprint density at radius 3 is 2.35 bits per heavy atom. The highest BCUT2D eigenvalue weighted by atomic mass is 17.3. The molecule has 256 valence electrons. The molecule has 6 aliphatic heterocycles. The quantitative estimate of drug-likeness (QED) is 0.311. The first-order chi connectivity index (χ1) is 21.6. The molecular weight excluding hydrogens is 594 g/mol. The molecule has 46 heavy (non-hydrogen) atoms. The van der Waals surface area contributed by atoms with Crippen molar-refractivity contribution in [2.75, 3.05) is 20.2 Å². The lowest BCUT2D eigenvalue weighted by Gasteiger charge is -2.60. The third-order valence-electron chi connectivity index (χ3n) is 13.0.